The topological polar surface area (TPSA) is 22.1 Å². The van der Waals surface area contributed by atoms with Crippen LogP contribution in [0.4, 0.5) is 0 Å². The Morgan fingerprint density at radius 1 is 1.50 bits per heavy atom. The minimum atomic E-state index is 0.452. The molecule has 0 aromatic carbocycles. The highest BCUT2D eigenvalue weighted by Gasteiger charge is 1.94. The molecule has 0 spiro atoms. The predicted molar refractivity (Wildman–Crippen MR) is 49.6 cm³/mol. The molecule has 0 unspecified atom stereocenters. The average molecular weight is 186 g/mol. The molecule has 1 heterocycles. The van der Waals surface area contributed by atoms with E-state index < -0.39 is 0 Å². The van der Waals surface area contributed by atoms with Crippen LogP contribution in [-0.4, -0.2) is 11.6 Å². The Morgan fingerprint density at radius 2 is 2.33 bits per heavy atom. The molecule has 3 heteroatoms. The van der Waals surface area contributed by atoms with Gasteiger partial charge in [0.2, 0.25) is 0 Å². The third-order valence-corrected chi connectivity index (χ3v) is 1.68. The molecular formula is C9H12ClNO. The van der Waals surface area contributed by atoms with Crippen molar-refractivity contribution in [2.45, 2.75) is 19.2 Å². The molecule has 0 radical (unpaired) electrons. The second-order valence-corrected chi connectivity index (χ2v) is 2.73. The van der Waals surface area contributed by atoms with Crippen LogP contribution in [0.25, 0.3) is 0 Å². The summed E-state index contributed by atoms with van der Waals surface area (Å²) >= 11 is 5.58. The SMILES string of the molecule is CCCOc1ccc(CCl)nc1. The van der Waals surface area contributed by atoms with Crippen LogP contribution in [0.15, 0.2) is 18.3 Å². The molecule has 0 atom stereocenters. The molecule has 66 valence electrons. The molecule has 0 aliphatic rings. The second kappa shape index (κ2) is 4.99. The van der Waals surface area contributed by atoms with Crippen molar-refractivity contribution in [3.8, 4) is 5.75 Å². The third-order valence-electron chi connectivity index (χ3n) is 1.41. The maximum absolute atomic E-state index is 5.58. The first-order valence-electron chi connectivity index (χ1n) is 4.00. The van der Waals surface area contributed by atoms with Crippen LogP contribution in [0, 0.1) is 0 Å². The van der Waals surface area contributed by atoms with Gasteiger partial charge in [0.05, 0.1) is 24.4 Å². The second-order valence-electron chi connectivity index (χ2n) is 2.47. The lowest BCUT2D eigenvalue weighted by Crippen LogP contribution is -1.95. The number of rotatable bonds is 4. The first-order valence-corrected chi connectivity index (χ1v) is 4.54. The van der Waals surface area contributed by atoms with Crippen LogP contribution in [0.3, 0.4) is 0 Å². The van der Waals surface area contributed by atoms with Crippen LogP contribution in [0.1, 0.15) is 19.0 Å². The molecule has 1 aromatic heterocycles. The van der Waals surface area contributed by atoms with Gasteiger partial charge in [-0.2, -0.15) is 0 Å². The van der Waals surface area contributed by atoms with E-state index in [-0.39, 0.29) is 0 Å². The van der Waals surface area contributed by atoms with Gasteiger partial charge in [-0.25, -0.2) is 0 Å². The van der Waals surface area contributed by atoms with E-state index in [1.54, 1.807) is 6.20 Å². The van der Waals surface area contributed by atoms with E-state index in [2.05, 4.69) is 11.9 Å². The summed E-state index contributed by atoms with van der Waals surface area (Å²) in [6.07, 6.45) is 2.71. The van der Waals surface area contributed by atoms with Crippen molar-refractivity contribution in [1.82, 2.24) is 4.98 Å². The Labute approximate surface area is 77.5 Å². The van der Waals surface area contributed by atoms with Crippen LogP contribution in [0.2, 0.25) is 0 Å². The van der Waals surface area contributed by atoms with E-state index in [1.165, 1.54) is 0 Å². The Kier molecular flexibility index (Phi) is 3.88. The van der Waals surface area contributed by atoms with Crippen LogP contribution in [-0.2, 0) is 5.88 Å². The highest BCUT2D eigenvalue weighted by atomic mass is 35.5. The Bertz CT molecular complexity index is 222. The number of nitrogens with zero attached hydrogens (tertiary/aromatic N) is 1. The molecule has 2 nitrogen and oxygen atoms in total. The standard InChI is InChI=1S/C9H12ClNO/c1-2-5-12-9-4-3-8(6-10)11-7-9/h3-4,7H,2,5-6H2,1H3. The van der Waals surface area contributed by atoms with E-state index >= 15 is 0 Å². The lowest BCUT2D eigenvalue weighted by atomic mass is 10.4. The van der Waals surface area contributed by atoms with E-state index in [1.807, 2.05) is 12.1 Å². The fourth-order valence-corrected chi connectivity index (χ4v) is 0.953. The minimum absolute atomic E-state index is 0.452. The number of ether oxygens (including phenoxy) is 1. The molecular weight excluding hydrogens is 174 g/mol. The molecule has 0 amide bonds. The molecule has 0 aliphatic heterocycles. The molecule has 12 heavy (non-hydrogen) atoms. The Hall–Kier alpha value is -0.760. The summed E-state index contributed by atoms with van der Waals surface area (Å²) in [7, 11) is 0. The van der Waals surface area contributed by atoms with Crippen LogP contribution >= 0.6 is 11.6 Å². The van der Waals surface area contributed by atoms with Crippen LogP contribution in [0.5, 0.6) is 5.75 Å². The third kappa shape index (κ3) is 2.70. The molecule has 0 saturated carbocycles. The van der Waals surface area contributed by atoms with Gasteiger partial charge in [-0.15, -0.1) is 11.6 Å². The van der Waals surface area contributed by atoms with Gasteiger partial charge in [-0.05, 0) is 18.6 Å². The van der Waals surface area contributed by atoms with Crippen molar-refractivity contribution in [3.05, 3.63) is 24.0 Å². The lowest BCUT2D eigenvalue weighted by Gasteiger charge is -2.03. The summed E-state index contributed by atoms with van der Waals surface area (Å²) in [5.74, 6) is 1.26. The molecule has 1 aromatic rings. The van der Waals surface area contributed by atoms with Gasteiger partial charge < -0.3 is 4.74 Å². The fourth-order valence-electron chi connectivity index (χ4n) is 0.795. The Morgan fingerprint density at radius 3 is 2.83 bits per heavy atom. The van der Waals surface area contributed by atoms with E-state index in [9.17, 15) is 0 Å². The van der Waals surface area contributed by atoms with Gasteiger partial charge in [0.15, 0.2) is 0 Å². The molecule has 0 bridgehead atoms. The van der Waals surface area contributed by atoms with E-state index in [0.717, 1.165) is 24.5 Å². The highest BCUT2D eigenvalue weighted by Crippen LogP contribution is 2.10. The van der Waals surface area contributed by atoms with Gasteiger partial charge >= 0.3 is 0 Å². The van der Waals surface area contributed by atoms with E-state index in [0.29, 0.717) is 5.88 Å². The van der Waals surface area contributed by atoms with Crippen LogP contribution < -0.4 is 4.74 Å². The minimum Gasteiger partial charge on any atom is -0.492 e. The highest BCUT2D eigenvalue weighted by molar-refractivity contribution is 6.16. The van der Waals surface area contributed by atoms with Gasteiger partial charge in [0.1, 0.15) is 5.75 Å². The van der Waals surface area contributed by atoms with Crippen molar-refractivity contribution >= 4 is 11.6 Å². The quantitative estimate of drug-likeness (QED) is 0.673. The van der Waals surface area contributed by atoms with Crippen molar-refractivity contribution < 1.29 is 4.74 Å². The molecule has 0 fully saturated rings. The first kappa shape index (κ1) is 9.33. The number of hydrogen-bond donors (Lipinski definition) is 0. The summed E-state index contributed by atoms with van der Waals surface area (Å²) in [6.45, 7) is 2.81. The van der Waals surface area contributed by atoms with Gasteiger partial charge in [0, 0.05) is 0 Å². The van der Waals surface area contributed by atoms with E-state index in [4.69, 9.17) is 16.3 Å². The number of alkyl halides is 1. The normalized spacial score (nSPS) is 9.83. The first-order chi connectivity index (χ1) is 5.86. The molecule has 0 aliphatic carbocycles. The zero-order valence-electron chi connectivity index (χ0n) is 7.09. The largest absolute Gasteiger partial charge is 0.492 e. The summed E-state index contributed by atoms with van der Waals surface area (Å²) in [4.78, 5) is 4.09. The van der Waals surface area contributed by atoms with Crippen molar-refractivity contribution in [3.63, 3.8) is 0 Å². The number of halogens is 1. The number of hydrogen-bond acceptors (Lipinski definition) is 2. The van der Waals surface area contributed by atoms with Crippen molar-refractivity contribution in [2.24, 2.45) is 0 Å². The van der Waals surface area contributed by atoms with Gasteiger partial charge in [0.25, 0.3) is 0 Å². The number of pyridine rings is 1. The lowest BCUT2D eigenvalue weighted by molar-refractivity contribution is 0.316. The van der Waals surface area contributed by atoms with Crippen molar-refractivity contribution in [2.75, 3.05) is 6.61 Å². The van der Waals surface area contributed by atoms with Gasteiger partial charge in [-0.3, -0.25) is 4.98 Å². The maximum Gasteiger partial charge on any atom is 0.137 e. The smallest absolute Gasteiger partial charge is 0.137 e. The molecule has 0 N–H and O–H groups in total. The fraction of sp³-hybridized carbons (Fsp3) is 0.444. The Balaban J connectivity index is 2.53. The summed E-state index contributed by atoms with van der Waals surface area (Å²) in [6, 6.07) is 3.76. The zero-order chi connectivity index (χ0) is 8.81. The summed E-state index contributed by atoms with van der Waals surface area (Å²) in [5.41, 5.74) is 0.875. The average Bonchev–Trinajstić information content (AvgIpc) is 2.15. The molecule has 0 saturated heterocycles. The van der Waals surface area contributed by atoms with Crippen molar-refractivity contribution in [1.29, 1.82) is 0 Å². The zero-order valence-corrected chi connectivity index (χ0v) is 7.84. The number of aromatic nitrogens is 1. The molecule has 1 rings (SSSR count). The monoisotopic (exact) mass is 185 g/mol. The predicted octanol–water partition coefficient (Wildman–Crippen LogP) is 2.61. The maximum atomic E-state index is 5.58. The van der Waals surface area contributed by atoms with Gasteiger partial charge in [-0.1, -0.05) is 6.92 Å². The summed E-state index contributed by atoms with van der Waals surface area (Å²) < 4.78 is 5.35. The summed E-state index contributed by atoms with van der Waals surface area (Å²) in [5, 5.41) is 0.